The van der Waals surface area contributed by atoms with Gasteiger partial charge in [-0.05, 0) is 43.5 Å². The molecule has 1 saturated heterocycles. The van der Waals surface area contributed by atoms with Crippen molar-refractivity contribution in [2.75, 3.05) is 0 Å². The maximum absolute atomic E-state index is 12.1. The molecule has 1 aromatic heterocycles. The van der Waals surface area contributed by atoms with Crippen LogP contribution in [0.2, 0.25) is 10.2 Å². The first-order chi connectivity index (χ1) is 12.8. The van der Waals surface area contributed by atoms with Crippen LogP contribution in [0.25, 0.3) is 0 Å². The second-order valence-electron chi connectivity index (χ2n) is 6.27. The molecule has 1 aliphatic rings. The first-order valence-electron chi connectivity index (χ1n) is 8.02. The Balaban J connectivity index is 1.60. The number of amides is 3. The third-order valence-corrected chi connectivity index (χ3v) is 4.88. The number of urea groups is 1. The molecule has 9 heteroatoms. The second-order valence-corrected chi connectivity index (χ2v) is 7.04. The van der Waals surface area contributed by atoms with Crippen LogP contribution in [-0.2, 0) is 11.2 Å². The third kappa shape index (κ3) is 4.37. The van der Waals surface area contributed by atoms with Crippen LogP contribution in [0.3, 0.4) is 0 Å². The summed E-state index contributed by atoms with van der Waals surface area (Å²) in [4.78, 5) is 39.0. The molecule has 3 rings (SSSR count). The summed E-state index contributed by atoms with van der Waals surface area (Å²) in [7, 11) is 0. The van der Waals surface area contributed by atoms with Gasteiger partial charge in [-0.1, -0.05) is 35.3 Å². The average Bonchev–Trinajstić information content (AvgIpc) is 2.89. The number of imide groups is 1. The van der Waals surface area contributed by atoms with Gasteiger partial charge in [0.1, 0.15) is 16.4 Å². The van der Waals surface area contributed by atoms with Gasteiger partial charge in [-0.2, -0.15) is 0 Å². The minimum Gasteiger partial charge on any atom is -0.423 e. The Morgan fingerprint density at radius 3 is 2.52 bits per heavy atom. The summed E-state index contributed by atoms with van der Waals surface area (Å²) in [5, 5.41) is 5.12. The lowest BCUT2D eigenvalue weighted by Gasteiger charge is -2.20. The fraction of sp³-hybridized carbons (Fsp3) is 0.222. The van der Waals surface area contributed by atoms with Crippen molar-refractivity contribution in [1.29, 1.82) is 0 Å². The van der Waals surface area contributed by atoms with Gasteiger partial charge in [0.15, 0.2) is 0 Å². The molecule has 2 N–H and O–H groups in total. The number of hydrogen-bond acceptors (Lipinski definition) is 5. The third-order valence-electron chi connectivity index (χ3n) is 4.20. The smallest absolute Gasteiger partial charge is 0.345 e. The van der Waals surface area contributed by atoms with Crippen LogP contribution in [0, 0.1) is 0 Å². The Hall–Kier alpha value is -2.64. The lowest BCUT2D eigenvalue weighted by molar-refractivity contribution is -0.123. The molecule has 1 atom stereocenters. The van der Waals surface area contributed by atoms with Gasteiger partial charge in [-0.15, -0.1) is 0 Å². The normalized spacial score (nSPS) is 18.8. The van der Waals surface area contributed by atoms with Gasteiger partial charge in [-0.25, -0.2) is 14.6 Å². The first-order valence-corrected chi connectivity index (χ1v) is 8.78. The molecule has 0 bridgehead atoms. The van der Waals surface area contributed by atoms with Crippen LogP contribution in [0.4, 0.5) is 4.79 Å². The standard InChI is InChI=1S/C18H15Cl2N3O4/c1-18(16(25)22-17(26)23-18)7-6-10-2-4-12(5-3-10)27-15(24)11-8-13(19)14(20)21-9-11/h2-5,8-9H,6-7H2,1H3,(H2,22,23,25,26)/t18-/m1/s1. The van der Waals surface area contributed by atoms with Crippen LogP contribution < -0.4 is 15.4 Å². The molecule has 0 unspecified atom stereocenters. The van der Waals surface area contributed by atoms with E-state index in [1.165, 1.54) is 12.3 Å². The van der Waals surface area contributed by atoms with Crippen molar-refractivity contribution in [3.05, 3.63) is 57.8 Å². The highest BCUT2D eigenvalue weighted by Crippen LogP contribution is 2.22. The van der Waals surface area contributed by atoms with Crippen molar-refractivity contribution in [2.45, 2.75) is 25.3 Å². The van der Waals surface area contributed by atoms with Gasteiger partial charge in [0.2, 0.25) is 0 Å². The number of benzene rings is 1. The maximum atomic E-state index is 12.1. The van der Waals surface area contributed by atoms with Crippen LogP contribution in [0.15, 0.2) is 36.5 Å². The van der Waals surface area contributed by atoms with E-state index in [1.54, 1.807) is 31.2 Å². The Kier molecular flexibility index (Phi) is 5.34. The molecule has 7 nitrogen and oxygen atoms in total. The highest BCUT2D eigenvalue weighted by atomic mass is 35.5. The molecule has 0 spiro atoms. The summed E-state index contributed by atoms with van der Waals surface area (Å²) < 4.78 is 5.28. The van der Waals surface area contributed by atoms with Crippen LogP contribution in [0.5, 0.6) is 5.75 Å². The summed E-state index contributed by atoms with van der Waals surface area (Å²) in [6, 6.07) is 7.76. The van der Waals surface area contributed by atoms with E-state index >= 15 is 0 Å². The van der Waals surface area contributed by atoms with Gasteiger partial charge in [-0.3, -0.25) is 10.1 Å². The fourth-order valence-electron chi connectivity index (χ4n) is 2.57. The minimum absolute atomic E-state index is 0.110. The van der Waals surface area contributed by atoms with Gasteiger partial charge < -0.3 is 10.1 Å². The van der Waals surface area contributed by atoms with E-state index in [0.29, 0.717) is 18.6 Å². The van der Waals surface area contributed by atoms with Crippen LogP contribution >= 0.6 is 23.2 Å². The molecule has 0 radical (unpaired) electrons. The summed E-state index contributed by atoms with van der Waals surface area (Å²) in [6.45, 7) is 1.68. The molecule has 0 saturated carbocycles. The number of ether oxygens (including phenoxy) is 1. The largest absolute Gasteiger partial charge is 0.423 e. The highest BCUT2D eigenvalue weighted by Gasteiger charge is 2.41. The molecule has 2 aromatic rings. The van der Waals surface area contributed by atoms with Crippen LogP contribution in [-0.4, -0.2) is 28.4 Å². The number of carbonyl (C=O) groups excluding carboxylic acids is 3. The molecule has 1 aliphatic heterocycles. The average molecular weight is 408 g/mol. The van der Waals surface area contributed by atoms with E-state index in [9.17, 15) is 14.4 Å². The lowest BCUT2D eigenvalue weighted by Crippen LogP contribution is -2.43. The molecule has 27 heavy (non-hydrogen) atoms. The maximum Gasteiger partial charge on any atom is 0.345 e. The Bertz CT molecular complexity index is 917. The second kappa shape index (κ2) is 7.54. The minimum atomic E-state index is -0.928. The zero-order valence-electron chi connectivity index (χ0n) is 14.2. The molecule has 140 valence electrons. The SMILES string of the molecule is C[C@]1(CCc2ccc(OC(=O)c3cnc(Cl)c(Cl)c3)cc2)NC(=O)NC1=O. The number of hydrogen-bond donors (Lipinski definition) is 2. The lowest BCUT2D eigenvalue weighted by atomic mass is 9.93. The summed E-state index contributed by atoms with van der Waals surface area (Å²) in [5.41, 5.74) is 0.189. The zero-order valence-corrected chi connectivity index (χ0v) is 15.7. The number of pyridine rings is 1. The topological polar surface area (TPSA) is 97.4 Å². The number of esters is 1. The predicted molar refractivity (Wildman–Crippen MR) is 99.1 cm³/mol. The predicted octanol–water partition coefficient (Wildman–Crippen LogP) is 3.14. The van der Waals surface area contributed by atoms with E-state index in [2.05, 4.69) is 15.6 Å². The molecule has 1 aromatic carbocycles. The Morgan fingerprint density at radius 2 is 1.93 bits per heavy atom. The number of aryl methyl sites for hydroxylation is 1. The Labute approximate surface area is 165 Å². The monoisotopic (exact) mass is 407 g/mol. The highest BCUT2D eigenvalue weighted by molar-refractivity contribution is 6.41. The van der Waals surface area contributed by atoms with E-state index in [1.807, 2.05) is 0 Å². The number of rotatable bonds is 5. The quantitative estimate of drug-likeness (QED) is 0.343. The van der Waals surface area contributed by atoms with E-state index in [0.717, 1.165) is 5.56 Å². The fourth-order valence-corrected chi connectivity index (χ4v) is 2.84. The number of nitrogens with zero attached hydrogens (tertiary/aromatic N) is 1. The van der Waals surface area contributed by atoms with E-state index in [4.69, 9.17) is 27.9 Å². The molecule has 0 aliphatic carbocycles. The molecule has 1 fully saturated rings. The van der Waals surface area contributed by atoms with Crippen molar-refractivity contribution in [3.63, 3.8) is 0 Å². The molecular weight excluding hydrogens is 393 g/mol. The number of nitrogens with one attached hydrogen (secondary N) is 2. The summed E-state index contributed by atoms with van der Waals surface area (Å²) in [6.07, 6.45) is 2.29. The van der Waals surface area contributed by atoms with Crippen molar-refractivity contribution < 1.29 is 19.1 Å². The van der Waals surface area contributed by atoms with Crippen LogP contribution in [0.1, 0.15) is 29.3 Å². The van der Waals surface area contributed by atoms with Gasteiger partial charge in [0.25, 0.3) is 5.91 Å². The van der Waals surface area contributed by atoms with E-state index in [-0.39, 0.29) is 21.6 Å². The van der Waals surface area contributed by atoms with Gasteiger partial charge in [0, 0.05) is 6.20 Å². The molecule has 2 heterocycles. The Morgan fingerprint density at radius 1 is 1.22 bits per heavy atom. The van der Waals surface area contributed by atoms with Gasteiger partial charge in [0.05, 0.1) is 10.6 Å². The van der Waals surface area contributed by atoms with Crippen molar-refractivity contribution >= 4 is 41.1 Å². The molecule has 3 amide bonds. The number of aromatic nitrogens is 1. The van der Waals surface area contributed by atoms with Crippen molar-refractivity contribution in [2.24, 2.45) is 0 Å². The summed E-state index contributed by atoms with van der Waals surface area (Å²) >= 11 is 11.6. The van der Waals surface area contributed by atoms with Crippen molar-refractivity contribution in [1.82, 2.24) is 15.6 Å². The molecular formula is C18H15Cl2N3O4. The van der Waals surface area contributed by atoms with Gasteiger partial charge >= 0.3 is 12.0 Å². The zero-order chi connectivity index (χ0) is 19.6. The van der Waals surface area contributed by atoms with Crippen molar-refractivity contribution in [3.8, 4) is 5.75 Å². The number of halogens is 2. The van der Waals surface area contributed by atoms with E-state index < -0.39 is 17.5 Å². The summed E-state index contributed by atoms with van der Waals surface area (Å²) in [5.74, 6) is -0.590. The first kappa shape index (κ1) is 19.1. The number of carbonyl (C=O) groups is 3.